The molecule has 2 aromatic carbocycles. The van der Waals surface area contributed by atoms with Crippen LogP contribution in [-0.4, -0.2) is 30.9 Å². The van der Waals surface area contributed by atoms with E-state index in [0.717, 1.165) is 37.0 Å². The Morgan fingerprint density at radius 1 is 1.04 bits per heavy atom. The minimum Gasteiger partial charge on any atom is -0.378 e. The number of ketones is 1. The maximum absolute atomic E-state index is 12.3. The van der Waals surface area contributed by atoms with Crippen molar-refractivity contribution < 1.29 is 14.3 Å². The smallest absolute Gasteiger partial charge is 0.251 e. The number of ether oxygens (including phenoxy) is 1. The van der Waals surface area contributed by atoms with Gasteiger partial charge in [-0.1, -0.05) is 30.3 Å². The Labute approximate surface area is 160 Å². The lowest BCUT2D eigenvalue weighted by Crippen LogP contribution is -2.24. The van der Waals surface area contributed by atoms with Gasteiger partial charge in [-0.2, -0.15) is 0 Å². The van der Waals surface area contributed by atoms with Crippen molar-refractivity contribution in [1.82, 2.24) is 5.32 Å². The number of Topliss-reactive ketones (excluding diaryl/α,β-unsaturated/α-hetero) is 1. The quantitative estimate of drug-likeness (QED) is 0.548. The van der Waals surface area contributed by atoms with Crippen LogP contribution >= 0.6 is 0 Å². The van der Waals surface area contributed by atoms with E-state index in [1.165, 1.54) is 12.8 Å². The average Bonchev–Trinajstić information content (AvgIpc) is 3.21. The van der Waals surface area contributed by atoms with E-state index in [1.54, 1.807) is 6.92 Å². The highest BCUT2D eigenvalue weighted by molar-refractivity contribution is 5.96. The summed E-state index contributed by atoms with van der Waals surface area (Å²) in [4.78, 5) is 23.8. The first-order chi connectivity index (χ1) is 13.1. The summed E-state index contributed by atoms with van der Waals surface area (Å²) >= 11 is 0. The van der Waals surface area contributed by atoms with Crippen molar-refractivity contribution in [2.24, 2.45) is 0 Å². The summed E-state index contributed by atoms with van der Waals surface area (Å²) in [6.45, 7) is 3.15. The third-order valence-electron chi connectivity index (χ3n) is 5.01. The minimum absolute atomic E-state index is 0.0452. The molecule has 1 atom stereocenters. The molecule has 0 spiro atoms. The van der Waals surface area contributed by atoms with Gasteiger partial charge in [-0.05, 0) is 68.4 Å². The largest absolute Gasteiger partial charge is 0.378 e. The van der Waals surface area contributed by atoms with Gasteiger partial charge in [-0.25, -0.2) is 0 Å². The molecule has 0 radical (unpaired) electrons. The van der Waals surface area contributed by atoms with Crippen molar-refractivity contribution in [2.75, 3.05) is 13.2 Å². The highest BCUT2D eigenvalue weighted by Gasteiger charge is 2.14. The Balaban J connectivity index is 1.48. The van der Waals surface area contributed by atoms with E-state index < -0.39 is 0 Å². The zero-order valence-corrected chi connectivity index (χ0v) is 15.9. The van der Waals surface area contributed by atoms with Crippen molar-refractivity contribution in [3.8, 4) is 11.1 Å². The molecule has 1 saturated heterocycles. The lowest BCUT2D eigenvalue weighted by atomic mass is 10.0. The van der Waals surface area contributed by atoms with E-state index >= 15 is 0 Å². The SMILES string of the molecule is CC(=O)c1cccc(-c2ccc(C(=O)NCCCC[C@H]3CCCO3)cc2)c1. The lowest BCUT2D eigenvalue weighted by Gasteiger charge is -2.09. The van der Waals surface area contributed by atoms with Crippen LogP contribution < -0.4 is 5.32 Å². The summed E-state index contributed by atoms with van der Waals surface area (Å²) in [5, 5.41) is 2.98. The van der Waals surface area contributed by atoms with Gasteiger partial charge < -0.3 is 10.1 Å². The number of carbonyl (C=O) groups excluding carboxylic acids is 2. The second-order valence-corrected chi connectivity index (χ2v) is 7.10. The Morgan fingerprint density at radius 2 is 1.85 bits per heavy atom. The van der Waals surface area contributed by atoms with E-state index in [4.69, 9.17) is 4.74 Å². The predicted molar refractivity (Wildman–Crippen MR) is 107 cm³/mol. The highest BCUT2D eigenvalue weighted by atomic mass is 16.5. The molecule has 0 unspecified atom stereocenters. The van der Waals surface area contributed by atoms with Crippen LogP contribution in [0.3, 0.4) is 0 Å². The fourth-order valence-electron chi connectivity index (χ4n) is 3.40. The number of rotatable bonds is 8. The first-order valence-electron chi connectivity index (χ1n) is 9.75. The zero-order valence-electron chi connectivity index (χ0n) is 15.9. The number of hydrogen-bond donors (Lipinski definition) is 1. The standard InChI is InChI=1S/C23H27NO3/c1-17(25)20-6-4-7-21(16-20)18-10-12-19(13-11-18)23(26)24-14-3-2-8-22-9-5-15-27-22/h4,6-7,10-13,16,22H,2-3,5,8-9,14-15H2,1H3,(H,24,26)/t22-/m0/s1. The van der Waals surface area contributed by atoms with Crippen molar-refractivity contribution in [3.63, 3.8) is 0 Å². The van der Waals surface area contributed by atoms with Crippen molar-refractivity contribution in [1.29, 1.82) is 0 Å². The van der Waals surface area contributed by atoms with E-state index in [9.17, 15) is 9.59 Å². The third kappa shape index (κ3) is 5.51. The summed E-state index contributed by atoms with van der Waals surface area (Å²) < 4.78 is 5.61. The number of nitrogens with one attached hydrogen (secondary N) is 1. The van der Waals surface area contributed by atoms with Crippen LogP contribution in [0.1, 0.15) is 59.7 Å². The molecule has 1 amide bonds. The molecule has 4 nitrogen and oxygen atoms in total. The molecule has 4 heteroatoms. The molecular weight excluding hydrogens is 338 g/mol. The van der Waals surface area contributed by atoms with Crippen LogP contribution in [0.2, 0.25) is 0 Å². The number of carbonyl (C=O) groups is 2. The van der Waals surface area contributed by atoms with Crippen LogP contribution in [-0.2, 0) is 4.74 Å². The zero-order chi connectivity index (χ0) is 19.1. The molecule has 0 aromatic heterocycles. The lowest BCUT2D eigenvalue weighted by molar-refractivity contribution is 0.0946. The maximum atomic E-state index is 12.3. The Morgan fingerprint density at radius 3 is 2.56 bits per heavy atom. The van der Waals surface area contributed by atoms with Gasteiger partial charge in [0.1, 0.15) is 0 Å². The molecule has 1 fully saturated rings. The van der Waals surface area contributed by atoms with Gasteiger partial charge in [-0.3, -0.25) is 9.59 Å². The van der Waals surface area contributed by atoms with Gasteiger partial charge >= 0.3 is 0 Å². The van der Waals surface area contributed by atoms with Gasteiger partial charge in [0, 0.05) is 24.3 Å². The Kier molecular flexibility index (Phi) is 6.77. The van der Waals surface area contributed by atoms with Crippen LogP contribution in [0.5, 0.6) is 0 Å². The minimum atomic E-state index is -0.0452. The van der Waals surface area contributed by atoms with Gasteiger partial charge in [0.05, 0.1) is 6.10 Å². The van der Waals surface area contributed by atoms with Gasteiger partial charge in [0.15, 0.2) is 5.78 Å². The number of hydrogen-bond acceptors (Lipinski definition) is 3. The Bertz CT molecular complexity index is 776. The van der Waals surface area contributed by atoms with Gasteiger partial charge in [0.2, 0.25) is 0 Å². The summed E-state index contributed by atoms with van der Waals surface area (Å²) in [5.74, 6) is 0.00324. The fraction of sp³-hybridized carbons (Fsp3) is 0.391. The summed E-state index contributed by atoms with van der Waals surface area (Å²) in [6, 6.07) is 15.0. The van der Waals surface area contributed by atoms with Crippen molar-refractivity contribution >= 4 is 11.7 Å². The second-order valence-electron chi connectivity index (χ2n) is 7.10. The van der Waals surface area contributed by atoms with Crippen molar-refractivity contribution in [2.45, 2.75) is 45.1 Å². The topological polar surface area (TPSA) is 55.4 Å². The number of unbranched alkanes of at least 4 members (excludes halogenated alkanes) is 1. The molecule has 1 N–H and O–H groups in total. The molecule has 0 bridgehead atoms. The summed E-state index contributed by atoms with van der Waals surface area (Å²) in [7, 11) is 0. The molecule has 27 heavy (non-hydrogen) atoms. The summed E-state index contributed by atoms with van der Waals surface area (Å²) in [6.07, 6.45) is 5.92. The molecule has 3 rings (SSSR count). The number of amides is 1. The predicted octanol–water partition coefficient (Wildman–Crippen LogP) is 4.64. The van der Waals surface area contributed by atoms with E-state index in [1.807, 2.05) is 48.5 Å². The third-order valence-corrected chi connectivity index (χ3v) is 5.01. The van der Waals surface area contributed by atoms with Crippen LogP contribution in [0.15, 0.2) is 48.5 Å². The molecule has 0 saturated carbocycles. The fourth-order valence-corrected chi connectivity index (χ4v) is 3.40. The summed E-state index contributed by atoms with van der Waals surface area (Å²) in [5.41, 5.74) is 3.31. The molecule has 1 aliphatic rings. The van der Waals surface area contributed by atoms with E-state index in [2.05, 4.69) is 5.32 Å². The van der Waals surface area contributed by atoms with Crippen molar-refractivity contribution in [3.05, 3.63) is 59.7 Å². The van der Waals surface area contributed by atoms with Gasteiger partial charge in [0.25, 0.3) is 5.91 Å². The highest BCUT2D eigenvalue weighted by Crippen LogP contribution is 2.21. The Hall–Kier alpha value is -2.46. The van der Waals surface area contributed by atoms with Gasteiger partial charge in [-0.15, -0.1) is 0 Å². The molecule has 0 aliphatic carbocycles. The average molecular weight is 365 g/mol. The number of benzene rings is 2. The monoisotopic (exact) mass is 365 g/mol. The molecular formula is C23H27NO3. The first-order valence-corrected chi connectivity index (χ1v) is 9.75. The van der Waals surface area contributed by atoms with Crippen LogP contribution in [0, 0.1) is 0 Å². The molecule has 2 aromatic rings. The second kappa shape index (κ2) is 9.47. The maximum Gasteiger partial charge on any atom is 0.251 e. The normalized spacial score (nSPS) is 16.3. The van der Waals surface area contributed by atoms with Crippen LogP contribution in [0.4, 0.5) is 0 Å². The molecule has 1 aliphatic heterocycles. The van der Waals surface area contributed by atoms with E-state index in [-0.39, 0.29) is 11.7 Å². The van der Waals surface area contributed by atoms with Crippen LogP contribution in [0.25, 0.3) is 11.1 Å². The molecule has 1 heterocycles. The first kappa shape index (κ1) is 19.3. The van der Waals surface area contributed by atoms with E-state index in [0.29, 0.717) is 23.8 Å². The molecule has 142 valence electrons.